The van der Waals surface area contributed by atoms with Crippen LogP contribution in [0.25, 0.3) is 11.3 Å². The van der Waals surface area contributed by atoms with Crippen LogP contribution in [0, 0.1) is 5.82 Å². The number of halogens is 2. The Kier molecular flexibility index (Phi) is 8.84. The number of piperidine rings is 1. The topological polar surface area (TPSA) is 137 Å². The van der Waals surface area contributed by atoms with E-state index in [9.17, 15) is 14.0 Å². The number of aromatic nitrogens is 4. The predicted octanol–water partition coefficient (Wildman–Crippen LogP) is 3.94. The molecule has 3 heterocycles. The summed E-state index contributed by atoms with van der Waals surface area (Å²) in [5.74, 6) is -2.45. The van der Waals surface area contributed by atoms with Gasteiger partial charge >= 0.3 is 5.97 Å². The molecule has 10 nitrogen and oxygen atoms in total. The molecule has 12 heteroatoms. The molecule has 0 saturated carbocycles. The molecule has 2 aromatic heterocycles. The zero-order chi connectivity index (χ0) is 26.5. The van der Waals surface area contributed by atoms with Crippen LogP contribution in [0.1, 0.15) is 41.0 Å². The van der Waals surface area contributed by atoms with Crippen LogP contribution >= 0.6 is 12.4 Å². The molecule has 1 atom stereocenters. The number of hydrogen-bond donors (Lipinski definition) is 3. The molecular formula is C27H27ClFN7O3. The van der Waals surface area contributed by atoms with Gasteiger partial charge in [-0.3, -0.25) is 9.48 Å². The number of hydrogen-bond acceptors (Lipinski definition) is 8. The standard InChI is InChI=1S/C27H26FN7O3.ClH/c28-20-8-4-5-9-21(20)34-26(36)24(17-6-2-1-3-7-17)38-27(37)23-25(29)31-15-22(33-23)18-14-32-35(16-18)19-10-12-30-13-11-19;/h1-9,14-16,19,24,30H,10-13H2,(H2,29,31)(H,34,36);1H/t24-;/m1./s1. The molecule has 1 amide bonds. The van der Waals surface area contributed by atoms with E-state index < -0.39 is 23.8 Å². The fourth-order valence-corrected chi connectivity index (χ4v) is 4.25. The Morgan fingerprint density at radius 1 is 1.08 bits per heavy atom. The van der Waals surface area contributed by atoms with Crippen LogP contribution in [0.4, 0.5) is 15.9 Å². The highest BCUT2D eigenvalue weighted by molar-refractivity contribution is 5.99. The van der Waals surface area contributed by atoms with E-state index in [0.717, 1.165) is 25.9 Å². The molecule has 0 radical (unpaired) electrons. The van der Waals surface area contributed by atoms with Crippen LogP contribution < -0.4 is 16.4 Å². The molecule has 39 heavy (non-hydrogen) atoms. The van der Waals surface area contributed by atoms with Crippen LogP contribution in [-0.4, -0.2) is 44.7 Å². The zero-order valence-corrected chi connectivity index (χ0v) is 21.6. The molecule has 202 valence electrons. The molecule has 2 aromatic carbocycles. The number of amides is 1. The van der Waals surface area contributed by atoms with Gasteiger partial charge in [0.25, 0.3) is 5.91 Å². The number of benzene rings is 2. The van der Waals surface area contributed by atoms with E-state index in [-0.39, 0.29) is 35.6 Å². The van der Waals surface area contributed by atoms with Crippen molar-refractivity contribution in [2.45, 2.75) is 25.0 Å². The quantitative estimate of drug-likeness (QED) is 0.294. The van der Waals surface area contributed by atoms with Gasteiger partial charge < -0.3 is 21.1 Å². The van der Waals surface area contributed by atoms with Crippen molar-refractivity contribution >= 4 is 35.8 Å². The smallest absolute Gasteiger partial charge is 0.361 e. The lowest BCUT2D eigenvalue weighted by atomic mass is 10.1. The second-order valence-electron chi connectivity index (χ2n) is 8.84. The number of ether oxygens (including phenoxy) is 1. The Morgan fingerprint density at radius 3 is 2.54 bits per heavy atom. The molecular weight excluding hydrogens is 525 g/mol. The van der Waals surface area contributed by atoms with Crippen LogP contribution in [0.2, 0.25) is 0 Å². The Morgan fingerprint density at radius 2 is 1.79 bits per heavy atom. The largest absolute Gasteiger partial charge is 0.442 e. The van der Waals surface area contributed by atoms with Crippen LogP contribution in [0.5, 0.6) is 0 Å². The van der Waals surface area contributed by atoms with E-state index in [1.807, 2.05) is 10.9 Å². The van der Waals surface area contributed by atoms with Gasteiger partial charge in [-0.05, 0) is 38.1 Å². The SMILES string of the molecule is Cl.Nc1ncc(-c2cnn(C3CCNCC3)c2)nc1C(=O)O[C@@H](C(=O)Nc1ccccc1F)c1ccccc1. The number of nitrogens with zero attached hydrogens (tertiary/aromatic N) is 4. The minimum Gasteiger partial charge on any atom is -0.442 e. The molecule has 1 aliphatic heterocycles. The van der Waals surface area contributed by atoms with Gasteiger partial charge in [0.2, 0.25) is 6.10 Å². The number of nitrogen functional groups attached to an aromatic ring is 1. The van der Waals surface area contributed by atoms with Crippen LogP contribution in [0.3, 0.4) is 0 Å². The lowest BCUT2D eigenvalue weighted by molar-refractivity contribution is -0.125. The number of carbonyl (C=O) groups is 2. The van der Waals surface area contributed by atoms with Crippen molar-refractivity contribution in [3.8, 4) is 11.3 Å². The third-order valence-corrected chi connectivity index (χ3v) is 6.27. The summed E-state index contributed by atoms with van der Waals surface area (Å²) >= 11 is 0. The maximum atomic E-state index is 14.2. The first-order valence-corrected chi connectivity index (χ1v) is 12.2. The molecule has 4 aromatic rings. The van der Waals surface area contributed by atoms with Crippen molar-refractivity contribution in [2.75, 3.05) is 24.1 Å². The van der Waals surface area contributed by atoms with Crippen molar-refractivity contribution in [2.24, 2.45) is 0 Å². The minimum absolute atomic E-state index is 0. The second-order valence-corrected chi connectivity index (χ2v) is 8.84. The number of anilines is 2. The Bertz CT molecular complexity index is 1440. The van der Waals surface area contributed by atoms with Gasteiger partial charge in [-0.2, -0.15) is 5.10 Å². The minimum atomic E-state index is -1.39. The molecule has 0 aliphatic carbocycles. The molecule has 5 rings (SSSR count). The summed E-state index contributed by atoms with van der Waals surface area (Å²) in [6, 6.07) is 14.4. The maximum absolute atomic E-state index is 14.2. The molecule has 0 spiro atoms. The normalized spacial score (nSPS) is 14.2. The summed E-state index contributed by atoms with van der Waals surface area (Å²) in [4.78, 5) is 34.8. The number of para-hydroxylation sites is 1. The number of esters is 1. The lowest BCUT2D eigenvalue weighted by Crippen LogP contribution is -2.29. The molecule has 1 fully saturated rings. The van der Waals surface area contributed by atoms with Crippen LogP contribution in [-0.2, 0) is 9.53 Å². The zero-order valence-electron chi connectivity index (χ0n) is 20.8. The second kappa shape index (κ2) is 12.5. The van der Waals surface area contributed by atoms with Gasteiger partial charge in [-0.15, -0.1) is 12.4 Å². The van der Waals surface area contributed by atoms with E-state index in [0.29, 0.717) is 16.8 Å². The number of carbonyl (C=O) groups excluding carboxylic acids is 2. The third-order valence-electron chi connectivity index (χ3n) is 6.27. The summed E-state index contributed by atoms with van der Waals surface area (Å²) < 4.78 is 21.6. The van der Waals surface area contributed by atoms with Gasteiger partial charge in [0.1, 0.15) is 5.82 Å². The fourth-order valence-electron chi connectivity index (χ4n) is 4.25. The van der Waals surface area contributed by atoms with Gasteiger partial charge in [0.05, 0.1) is 29.8 Å². The van der Waals surface area contributed by atoms with Crippen molar-refractivity contribution in [1.82, 2.24) is 25.1 Å². The fraction of sp³-hybridized carbons (Fsp3) is 0.222. The van der Waals surface area contributed by atoms with Crippen LogP contribution in [0.15, 0.2) is 73.2 Å². The van der Waals surface area contributed by atoms with Crippen molar-refractivity contribution in [3.63, 3.8) is 0 Å². The highest BCUT2D eigenvalue weighted by Gasteiger charge is 2.28. The summed E-state index contributed by atoms with van der Waals surface area (Å²) in [6.07, 6.45) is 5.50. The average Bonchev–Trinajstić information content (AvgIpc) is 3.44. The van der Waals surface area contributed by atoms with Crippen molar-refractivity contribution in [3.05, 3.63) is 90.3 Å². The maximum Gasteiger partial charge on any atom is 0.361 e. The van der Waals surface area contributed by atoms with Gasteiger partial charge in [-0.25, -0.2) is 19.2 Å². The number of rotatable bonds is 7. The summed E-state index contributed by atoms with van der Waals surface area (Å²) in [6.45, 7) is 1.84. The Balaban J connectivity index is 0.00000353. The highest BCUT2D eigenvalue weighted by atomic mass is 35.5. The first kappa shape index (κ1) is 27.7. The summed E-state index contributed by atoms with van der Waals surface area (Å²) in [5.41, 5.74) is 7.14. The lowest BCUT2D eigenvalue weighted by Gasteiger charge is -2.22. The predicted molar refractivity (Wildman–Crippen MR) is 146 cm³/mol. The van der Waals surface area contributed by atoms with Gasteiger partial charge in [0.15, 0.2) is 11.5 Å². The van der Waals surface area contributed by atoms with Gasteiger partial charge in [-0.1, -0.05) is 42.5 Å². The first-order valence-electron chi connectivity index (χ1n) is 12.2. The molecule has 0 bridgehead atoms. The molecule has 1 aliphatic rings. The number of nitrogens with one attached hydrogen (secondary N) is 2. The Hall–Kier alpha value is -4.35. The van der Waals surface area contributed by atoms with E-state index in [1.54, 1.807) is 42.6 Å². The summed E-state index contributed by atoms with van der Waals surface area (Å²) in [7, 11) is 0. The monoisotopic (exact) mass is 551 g/mol. The average molecular weight is 552 g/mol. The van der Waals surface area contributed by atoms with E-state index in [4.69, 9.17) is 10.5 Å². The third kappa shape index (κ3) is 6.39. The van der Waals surface area contributed by atoms with E-state index >= 15 is 0 Å². The van der Waals surface area contributed by atoms with E-state index in [2.05, 4.69) is 25.7 Å². The molecule has 0 unspecified atom stereocenters. The molecule has 4 N–H and O–H groups in total. The van der Waals surface area contributed by atoms with E-state index in [1.165, 1.54) is 24.4 Å². The first-order chi connectivity index (χ1) is 18.5. The molecule has 1 saturated heterocycles. The Labute approximate surface area is 230 Å². The highest BCUT2D eigenvalue weighted by Crippen LogP contribution is 2.26. The van der Waals surface area contributed by atoms with Crippen molar-refractivity contribution < 1.29 is 18.7 Å². The van der Waals surface area contributed by atoms with Gasteiger partial charge in [0, 0.05) is 17.3 Å². The summed E-state index contributed by atoms with van der Waals surface area (Å²) in [5, 5.41) is 10.3. The van der Waals surface area contributed by atoms with Crippen molar-refractivity contribution in [1.29, 1.82) is 0 Å². The number of nitrogens with two attached hydrogens (primary N) is 1.